The van der Waals surface area contributed by atoms with E-state index in [1.165, 1.54) is 0 Å². The Labute approximate surface area is 71.3 Å². The second-order valence-corrected chi connectivity index (χ2v) is 2.24. The van der Waals surface area contributed by atoms with Crippen LogP contribution in [-0.2, 0) is 11.4 Å². The van der Waals surface area contributed by atoms with Crippen molar-refractivity contribution < 1.29 is 15.0 Å². The predicted molar refractivity (Wildman–Crippen MR) is 45.9 cm³/mol. The zero-order valence-electron chi connectivity index (χ0n) is 6.95. The molecule has 1 rings (SSSR count). The third-order valence-corrected chi connectivity index (χ3v) is 1.49. The van der Waals surface area contributed by atoms with Crippen LogP contribution in [0, 0.1) is 6.92 Å². The zero-order chi connectivity index (χ0) is 9.56. The number of carbonyl (C=O) groups is 1. The van der Waals surface area contributed by atoms with E-state index in [4.69, 9.17) is 9.90 Å². The molecule has 3 heteroatoms. The molecule has 1 aromatic carbocycles. The molecule has 0 unspecified atom stereocenters. The van der Waals surface area contributed by atoms with E-state index in [9.17, 15) is 5.11 Å². The van der Waals surface area contributed by atoms with Crippen molar-refractivity contribution in [2.45, 2.75) is 13.5 Å². The molecule has 0 radical (unpaired) electrons. The van der Waals surface area contributed by atoms with E-state index in [0.29, 0.717) is 5.56 Å². The largest absolute Gasteiger partial charge is 0.507 e. The van der Waals surface area contributed by atoms with E-state index < -0.39 is 0 Å². The highest BCUT2D eigenvalue weighted by Gasteiger charge is 1.99. The van der Waals surface area contributed by atoms with Crippen molar-refractivity contribution in [3.05, 3.63) is 29.3 Å². The van der Waals surface area contributed by atoms with Crippen LogP contribution in [0.4, 0.5) is 0 Å². The Kier molecular flexibility index (Phi) is 4.72. The van der Waals surface area contributed by atoms with Crippen molar-refractivity contribution in [3.8, 4) is 5.75 Å². The van der Waals surface area contributed by atoms with Gasteiger partial charge in [-0.2, -0.15) is 0 Å². The van der Waals surface area contributed by atoms with Gasteiger partial charge in [-0.3, -0.25) is 0 Å². The Morgan fingerprint density at radius 1 is 1.42 bits per heavy atom. The van der Waals surface area contributed by atoms with Gasteiger partial charge in [0.05, 0.1) is 6.61 Å². The summed E-state index contributed by atoms with van der Waals surface area (Å²) < 4.78 is 0. The molecule has 1 aromatic rings. The highest BCUT2D eigenvalue weighted by molar-refractivity contribution is 5.38. The number of aliphatic hydroxyl groups is 1. The van der Waals surface area contributed by atoms with Crippen LogP contribution in [0.1, 0.15) is 11.1 Å². The molecular weight excluding hydrogens is 156 g/mol. The SMILES string of the molecule is C=O.Cc1cccc(CO)c1O. The molecule has 3 nitrogen and oxygen atoms in total. The van der Waals surface area contributed by atoms with Gasteiger partial charge in [-0.25, -0.2) is 0 Å². The maximum Gasteiger partial charge on any atom is 0.123 e. The van der Waals surface area contributed by atoms with E-state index in [1.807, 2.05) is 6.79 Å². The first-order valence-electron chi connectivity index (χ1n) is 3.43. The normalized spacial score (nSPS) is 8.50. The minimum absolute atomic E-state index is 0.104. The summed E-state index contributed by atoms with van der Waals surface area (Å²) in [6.07, 6.45) is 0. The number of aromatic hydroxyl groups is 1. The number of aliphatic hydroxyl groups excluding tert-OH is 1. The molecule has 66 valence electrons. The van der Waals surface area contributed by atoms with E-state index in [1.54, 1.807) is 25.1 Å². The number of hydrogen-bond acceptors (Lipinski definition) is 3. The minimum atomic E-state index is -0.104. The fourth-order valence-corrected chi connectivity index (χ4v) is 0.847. The highest BCUT2D eigenvalue weighted by Crippen LogP contribution is 2.20. The Hall–Kier alpha value is -1.35. The lowest BCUT2D eigenvalue weighted by atomic mass is 10.1. The highest BCUT2D eigenvalue weighted by atomic mass is 16.3. The van der Waals surface area contributed by atoms with E-state index >= 15 is 0 Å². The summed E-state index contributed by atoms with van der Waals surface area (Å²) in [4.78, 5) is 8.00. The van der Waals surface area contributed by atoms with Crippen LogP contribution in [0.25, 0.3) is 0 Å². The van der Waals surface area contributed by atoms with E-state index in [2.05, 4.69) is 0 Å². The molecule has 0 fully saturated rings. The number of phenols is 1. The summed E-state index contributed by atoms with van der Waals surface area (Å²) in [7, 11) is 0. The van der Waals surface area contributed by atoms with Gasteiger partial charge in [-0.1, -0.05) is 18.2 Å². The van der Waals surface area contributed by atoms with Gasteiger partial charge in [0.25, 0.3) is 0 Å². The Bertz CT molecular complexity index is 246. The fraction of sp³-hybridized carbons (Fsp3) is 0.222. The topological polar surface area (TPSA) is 57.5 Å². The number of rotatable bonds is 1. The number of benzene rings is 1. The number of para-hydroxylation sites is 1. The second kappa shape index (κ2) is 5.32. The quantitative estimate of drug-likeness (QED) is 0.658. The molecule has 0 saturated carbocycles. The van der Waals surface area contributed by atoms with Gasteiger partial charge in [0.1, 0.15) is 12.5 Å². The first-order chi connectivity index (χ1) is 5.75. The summed E-state index contributed by atoms with van der Waals surface area (Å²) in [6.45, 7) is 3.70. The summed E-state index contributed by atoms with van der Waals surface area (Å²) in [5.41, 5.74) is 1.38. The Balaban J connectivity index is 0.000000561. The summed E-state index contributed by atoms with van der Waals surface area (Å²) in [6, 6.07) is 5.30. The summed E-state index contributed by atoms with van der Waals surface area (Å²) in [5.74, 6) is 0.199. The lowest BCUT2D eigenvalue weighted by molar-refractivity contribution is -0.0979. The van der Waals surface area contributed by atoms with Crippen molar-refractivity contribution in [1.29, 1.82) is 0 Å². The third kappa shape index (κ3) is 2.36. The number of carbonyl (C=O) groups excluding carboxylic acids is 1. The van der Waals surface area contributed by atoms with Crippen LogP contribution in [-0.4, -0.2) is 17.0 Å². The van der Waals surface area contributed by atoms with Crippen molar-refractivity contribution >= 4 is 6.79 Å². The van der Waals surface area contributed by atoms with Gasteiger partial charge in [0.15, 0.2) is 0 Å². The van der Waals surface area contributed by atoms with Crippen LogP contribution >= 0.6 is 0 Å². The summed E-state index contributed by atoms with van der Waals surface area (Å²) >= 11 is 0. The van der Waals surface area contributed by atoms with E-state index in [-0.39, 0.29) is 12.4 Å². The van der Waals surface area contributed by atoms with Crippen molar-refractivity contribution in [1.82, 2.24) is 0 Å². The molecule has 0 spiro atoms. The molecule has 0 atom stereocenters. The predicted octanol–water partition coefficient (Wildman–Crippen LogP) is 1.01. The molecule has 2 N–H and O–H groups in total. The van der Waals surface area contributed by atoms with Crippen molar-refractivity contribution in [3.63, 3.8) is 0 Å². The third-order valence-electron chi connectivity index (χ3n) is 1.49. The van der Waals surface area contributed by atoms with Crippen LogP contribution in [0.2, 0.25) is 0 Å². The Morgan fingerprint density at radius 3 is 2.42 bits per heavy atom. The van der Waals surface area contributed by atoms with Crippen molar-refractivity contribution in [2.24, 2.45) is 0 Å². The van der Waals surface area contributed by atoms with Gasteiger partial charge in [0, 0.05) is 5.56 Å². The zero-order valence-corrected chi connectivity index (χ0v) is 6.95. The van der Waals surface area contributed by atoms with Crippen LogP contribution in [0.3, 0.4) is 0 Å². The molecule has 0 aliphatic carbocycles. The number of aryl methyl sites for hydroxylation is 1. The minimum Gasteiger partial charge on any atom is -0.507 e. The average molecular weight is 168 g/mol. The van der Waals surface area contributed by atoms with Gasteiger partial charge in [0.2, 0.25) is 0 Å². The van der Waals surface area contributed by atoms with Gasteiger partial charge in [-0.05, 0) is 12.5 Å². The van der Waals surface area contributed by atoms with Gasteiger partial charge >= 0.3 is 0 Å². The van der Waals surface area contributed by atoms with Gasteiger partial charge in [-0.15, -0.1) is 0 Å². The van der Waals surface area contributed by atoms with Crippen LogP contribution in [0.5, 0.6) is 5.75 Å². The smallest absolute Gasteiger partial charge is 0.123 e. The fourth-order valence-electron chi connectivity index (χ4n) is 0.847. The molecule has 0 heterocycles. The first kappa shape index (κ1) is 10.7. The summed E-state index contributed by atoms with van der Waals surface area (Å²) in [5, 5.41) is 17.9. The molecule has 0 saturated heterocycles. The molecule has 0 aromatic heterocycles. The molecule has 0 amide bonds. The average Bonchev–Trinajstić information content (AvgIpc) is 2.13. The van der Waals surface area contributed by atoms with Crippen molar-refractivity contribution in [2.75, 3.05) is 0 Å². The lowest BCUT2D eigenvalue weighted by Crippen LogP contribution is -1.85. The lowest BCUT2D eigenvalue weighted by Gasteiger charge is -2.01. The molecule has 0 bridgehead atoms. The van der Waals surface area contributed by atoms with E-state index in [0.717, 1.165) is 5.56 Å². The van der Waals surface area contributed by atoms with Crippen LogP contribution < -0.4 is 0 Å². The monoisotopic (exact) mass is 168 g/mol. The first-order valence-corrected chi connectivity index (χ1v) is 3.43. The van der Waals surface area contributed by atoms with Crippen LogP contribution in [0.15, 0.2) is 18.2 Å². The molecule has 0 aliphatic rings. The standard InChI is InChI=1S/C8H10O2.CH2O/c1-6-3-2-4-7(5-9)8(6)10;1-2/h2-4,9-10H,5H2,1H3;1H2. The second-order valence-electron chi connectivity index (χ2n) is 2.24. The molecule has 0 aliphatic heterocycles. The maximum atomic E-state index is 9.24. The van der Waals surface area contributed by atoms with Gasteiger partial charge < -0.3 is 15.0 Å². The maximum absolute atomic E-state index is 9.24. The molecular formula is C9H12O3. The number of hydrogen-bond donors (Lipinski definition) is 2. The molecule has 12 heavy (non-hydrogen) atoms. The Morgan fingerprint density at radius 2 is 2.00 bits per heavy atom.